The van der Waals surface area contributed by atoms with Crippen LogP contribution >= 0.6 is 0 Å². The zero-order valence-electron chi connectivity index (χ0n) is 16.7. The average Bonchev–Trinajstić information content (AvgIpc) is 3.21. The van der Waals surface area contributed by atoms with E-state index in [9.17, 15) is 5.11 Å². The quantitative estimate of drug-likeness (QED) is 0.665. The predicted octanol–water partition coefficient (Wildman–Crippen LogP) is 3.22. The molecule has 6 nitrogen and oxygen atoms in total. The number of aliphatic hydroxyl groups excluding tert-OH is 1. The topological polar surface area (TPSA) is 62.0 Å². The second kappa shape index (κ2) is 9.22. The lowest BCUT2D eigenvalue weighted by Crippen LogP contribution is -2.46. The minimum atomic E-state index is -0.729. The van der Waals surface area contributed by atoms with Crippen molar-refractivity contribution in [3.05, 3.63) is 83.6 Å². The molecule has 1 aliphatic heterocycles. The van der Waals surface area contributed by atoms with Crippen LogP contribution in [-0.2, 0) is 17.9 Å². The molecule has 29 heavy (non-hydrogen) atoms. The van der Waals surface area contributed by atoms with Gasteiger partial charge in [0, 0.05) is 50.7 Å². The highest BCUT2D eigenvalue weighted by molar-refractivity contribution is 5.56. The maximum atomic E-state index is 10.9. The highest BCUT2D eigenvalue weighted by atomic mass is 16.5. The zero-order chi connectivity index (χ0) is 20.1. The van der Waals surface area contributed by atoms with Crippen molar-refractivity contribution >= 4 is 5.69 Å². The molecule has 1 saturated heterocycles. The molecule has 3 aromatic rings. The standard InChI is InChI=1S/C23H27N3O3/c1-28-17-19-10-9-18(29-19)16-25-12-14-26(15-13-25)22-8-3-2-6-20(22)23(27)21-7-4-5-11-24-21/h2-11,23,27H,12-17H2,1H3. The van der Waals surface area contributed by atoms with Crippen molar-refractivity contribution in [1.82, 2.24) is 9.88 Å². The number of rotatable bonds is 7. The van der Waals surface area contributed by atoms with Gasteiger partial charge in [-0.05, 0) is 30.3 Å². The molecule has 3 heterocycles. The highest BCUT2D eigenvalue weighted by Crippen LogP contribution is 2.30. The Kier molecular flexibility index (Phi) is 6.24. The minimum absolute atomic E-state index is 0.503. The van der Waals surface area contributed by atoms with Crippen LogP contribution in [0.25, 0.3) is 0 Å². The first-order valence-corrected chi connectivity index (χ1v) is 9.96. The van der Waals surface area contributed by atoms with Gasteiger partial charge in [-0.1, -0.05) is 24.3 Å². The van der Waals surface area contributed by atoms with Gasteiger partial charge in [-0.2, -0.15) is 0 Å². The zero-order valence-corrected chi connectivity index (χ0v) is 16.7. The van der Waals surface area contributed by atoms with Crippen molar-refractivity contribution < 1.29 is 14.3 Å². The third-order valence-electron chi connectivity index (χ3n) is 5.30. The van der Waals surface area contributed by atoms with Crippen LogP contribution in [0.1, 0.15) is 28.9 Å². The molecule has 1 N–H and O–H groups in total. The lowest BCUT2D eigenvalue weighted by atomic mass is 10.0. The molecule has 0 radical (unpaired) electrons. The number of para-hydroxylation sites is 1. The summed E-state index contributed by atoms with van der Waals surface area (Å²) >= 11 is 0. The Labute approximate surface area is 171 Å². The molecular weight excluding hydrogens is 366 g/mol. The van der Waals surface area contributed by atoms with Crippen LogP contribution in [0.5, 0.6) is 0 Å². The number of pyridine rings is 1. The third-order valence-corrected chi connectivity index (χ3v) is 5.30. The molecule has 0 spiro atoms. The van der Waals surface area contributed by atoms with Crippen LogP contribution in [-0.4, -0.2) is 48.3 Å². The summed E-state index contributed by atoms with van der Waals surface area (Å²) in [7, 11) is 1.67. The van der Waals surface area contributed by atoms with Gasteiger partial charge < -0.3 is 19.2 Å². The minimum Gasteiger partial charge on any atom is -0.462 e. The van der Waals surface area contributed by atoms with Crippen molar-refractivity contribution in [2.75, 3.05) is 38.2 Å². The van der Waals surface area contributed by atoms with Crippen LogP contribution in [0.2, 0.25) is 0 Å². The number of aliphatic hydroxyl groups is 1. The van der Waals surface area contributed by atoms with E-state index >= 15 is 0 Å². The van der Waals surface area contributed by atoms with E-state index in [0.29, 0.717) is 12.3 Å². The summed E-state index contributed by atoms with van der Waals surface area (Å²) in [5.41, 5.74) is 2.64. The number of ether oxygens (including phenoxy) is 1. The van der Waals surface area contributed by atoms with Gasteiger partial charge in [-0.25, -0.2) is 0 Å². The molecule has 1 aromatic carbocycles. The molecule has 1 aliphatic rings. The van der Waals surface area contributed by atoms with Gasteiger partial charge in [-0.3, -0.25) is 9.88 Å². The fourth-order valence-electron chi connectivity index (χ4n) is 3.80. The summed E-state index contributed by atoms with van der Waals surface area (Å²) in [6.07, 6.45) is 0.986. The highest BCUT2D eigenvalue weighted by Gasteiger charge is 2.23. The average molecular weight is 393 g/mol. The first kappa shape index (κ1) is 19.6. The molecule has 6 heteroatoms. The lowest BCUT2D eigenvalue weighted by Gasteiger charge is -2.37. The number of nitrogens with zero attached hydrogens (tertiary/aromatic N) is 3. The number of benzene rings is 1. The number of furan rings is 1. The van der Waals surface area contributed by atoms with Gasteiger partial charge in [-0.15, -0.1) is 0 Å². The normalized spacial score (nSPS) is 16.1. The molecule has 0 bridgehead atoms. The number of anilines is 1. The van der Waals surface area contributed by atoms with Crippen molar-refractivity contribution in [2.45, 2.75) is 19.3 Å². The van der Waals surface area contributed by atoms with Gasteiger partial charge in [0.25, 0.3) is 0 Å². The lowest BCUT2D eigenvalue weighted by molar-refractivity contribution is 0.158. The SMILES string of the molecule is COCc1ccc(CN2CCN(c3ccccc3C(O)c3ccccn3)CC2)o1. The van der Waals surface area contributed by atoms with E-state index in [-0.39, 0.29) is 0 Å². The summed E-state index contributed by atoms with van der Waals surface area (Å²) < 4.78 is 10.9. The summed E-state index contributed by atoms with van der Waals surface area (Å²) in [6, 6.07) is 17.7. The number of piperazine rings is 1. The fraction of sp³-hybridized carbons (Fsp3) is 0.348. The van der Waals surface area contributed by atoms with Crippen LogP contribution in [0.3, 0.4) is 0 Å². The van der Waals surface area contributed by atoms with Crippen LogP contribution in [0.4, 0.5) is 5.69 Å². The second-order valence-corrected chi connectivity index (χ2v) is 7.28. The van der Waals surface area contributed by atoms with Crippen molar-refractivity contribution in [1.29, 1.82) is 0 Å². The third kappa shape index (κ3) is 4.67. The van der Waals surface area contributed by atoms with E-state index in [1.54, 1.807) is 13.3 Å². The summed E-state index contributed by atoms with van der Waals surface area (Å²) in [5, 5.41) is 10.9. The molecule has 0 amide bonds. The fourth-order valence-corrected chi connectivity index (χ4v) is 3.80. The van der Waals surface area contributed by atoms with E-state index in [4.69, 9.17) is 9.15 Å². The maximum Gasteiger partial charge on any atom is 0.129 e. The molecule has 152 valence electrons. The molecule has 0 saturated carbocycles. The predicted molar refractivity (Wildman–Crippen MR) is 112 cm³/mol. The van der Waals surface area contributed by atoms with Crippen LogP contribution in [0.15, 0.2) is 65.2 Å². The molecule has 0 aliphatic carbocycles. The van der Waals surface area contributed by atoms with Crippen molar-refractivity contribution in [3.63, 3.8) is 0 Å². The molecule has 4 rings (SSSR count). The van der Waals surface area contributed by atoms with Gasteiger partial charge in [0.05, 0.1) is 12.2 Å². The maximum absolute atomic E-state index is 10.9. The molecule has 1 fully saturated rings. The molecule has 2 aromatic heterocycles. The summed E-state index contributed by atoms with van der Waals surface area (Å²) in [5.74, 6) is 1.83. The number of methoxy groups -OCH3 is 1. The van der Waals surface area contributed by atoms with Gasteiger partial charge in [0.1, 0.15) is 24.2 Å². The summed E-state index contributed by atoms with van der Waals surface area (Å²) in [6.45, 7) is 4.98. The first-order chi connectivity index (χ1) is 14.2. The first-order valence-electron chi connectivity index (χ1n) is 9.96. The van der Waals surface area contributed by atoms with Gasteiger partial charge in [0.15, 0.2) is 0 Å². The Hall–Kier alpha value is -2.67. The van der Waals surface area contributed by atoms with E-state index < -0.39 is 6.10 Å². The Morgan fingerprint density at radius 2 is 1.76 bits per heavy atom. The Balaban J connectivity index is 1.41. The summed E-state index contributed by atoms with van der Waals surface area (Å²) in [4.78, 5) is 9.06. The van der Waals surface area contributed by atoms with Crippen LogP contribution in [0, 0.1) is 0 Å². The number of hydrogen-bond donors (Lipinski definition) is 1. The van der Waals surface area contributed by atoms with E-state index in [2.05, 4.69) is 20.9 Å². The largest absolute Gasteiger partial charge is 0.462 e. The Morgan fingerprint density at radius 3 is 2.52 bits per heavy atom. The Morgan fingerprint density at radius 1 is 1.00 bits per heavy atom. The van der Waals surface area contributed by atoms with Gasteiger partial charge >= 0.3 is 0 Å². The van der Waals surface area contributed by atoms with Crippen molar-refractivity contribution in [3.8, 4) is 0 Å². The van der Waals surface area contributed by atoms with Crippen molar-refractivity contribution in [2.24, 2.45) is 0 Å². The second-order valence-electron chi connectivity index (χ2n) is 7.28. The van der Waals surface area contributed by atoms with E-state index in [1.165, 1.54) is 0 Å². The monoisotopic (exact) mass is 393 g/mol. The number of hydrogen-bond acceptors (Lipinski definition) is 6. The number of aromatic nitrogens is 1. The molecular formula is C23H27N3O3. The smallest absolute Gasteiger partial charge is 0.129 e. The molecule has 1 unspecified atom stereocenters. The Bertz CT molecular complexity index is 904. The van der Waals surface area contributed by atoms with Crippen LogP contribution < -0.4 is 4.90 Å². The molecule has 1 atom stereocenters. The van der Waals surface area contributed by atoms with Gasteiger partial charge in [0.2, 0.25) is 0 Å². The van der Waals surface area contributed by atoms with E-state index in [0.717, 1.165) is 55.5 Å². The van der Waals surface area contributed by atoms with E-state index in [1.807, 2.05) is 48.5 Å².